The number of methoxy groups -OCH3 is 2. The van der Waals surface area contributed by atoms with Crippen molar-refractivity contribution < 1.29 is 71.7 Å². The quantitative estimate of drug-likeness (QED) is 0.0242. The number of nitrogens with one attached hydrogen (secondary N) is 6. The molecule has 2 aromatic carbocycles. The molecule has 1 aliphatic carbocycles. The van der Waals surface area contributed by atoms with Gasteiger partial charge in [-0.1, -0.05) is 118 Å². The molecule has 1 saturated carbocycles. The summed E-state index contributed by atoms with van der Waals surface area (Å²) in [5.41, 5.74) is 6.85. The highest BCUT2D eigenvalue weighted by Gasteiger charge is 2.48. The molecule has 11 amide bonds. The Kier molecular flexibility index (Phi) is 35.9. The molecule has 13 atom stereocenters. The van der Waals surface area contributed by atoms with E-state index in [4.69, 9.17) is 19.9 Å². The number of benzene rings is 2. The van der Waals surface area contributed by atoms with Gasteiger partial charge in [0, 0.05) is 103 Å². The lowest BCUT2D eigenvalue weighted by Crippen LogP contribution is -2.55. The fourth-order valence-corrected chi connectivity index (χ4v) is 16.2. The van der Waals surface area contributed by atoms with E-state index in [1.165, 1.54) is 23.8 Å². The summed E-state index contributed by atoms with van der Waals surface area (Å²) < 4.78 is 18.0. The fourth-order valence-electron chi connectivity index (χ4n) is 14.7. The Labute approximate surface area is 627 Å². The van der Waals surface area contributed by atoms with Gasteiger partial charge in [-0.3, -0.25) is 57.7 Å². The number of hydrogen-bond donors (Lipinski definition) is 7. The minimum Gasteiger partial charge on any atom is -0.445 e. The van der Waals surface area contributed by atoms with Crippen molar-refractivity contribution in [1.82, 2.24) is 46.2 Å². The number of thioether (sulfide) groups is 1. The third-order valence-electron chi connectivity index (χ3n) is 21.2. The number of amides is 11. The van der Waals surface area contributed by atoms with Gasteiger partial charge < -0.3 is 61.6 Å². The van der Waals surface area contributed by atoms with E-state index < -0.39 is 83.5 Å². The van der Waals surface area contributed by atoms with Crippen molar-refractivity contribution in [2.24, 2.45) is 52.6 Å². The molecule has 0 bridgehead atoms. The molecule has 5 rings (SSSR count). The predicted octanol–water partition coefficient (Wildman–Crippen LogP) is 8.34. The zero-order chi connectivity index (χ0) is 78.0. The number of ether oxygens (including phenoxy) is 3. The van der Waals surface area contributed by atoms with Gasteiger partial charge in [0.15, 0.2) is 11.6 Å². The molecule has 586 valence electrons. The number of primary amides is 1. The first kappa shape index (κ1) is 88.1. The van der Waals surface area contributed by atoms with Crippen molar-refractivity contribution in [3.05, 3.63) is 65.7 Å². The number of likely N-dealkylation sites (N-methyl/N-ethyl adjacent to an activating group) is 2. The molecule has 0 aromatic heterocycles. The minimum absolute atomic E-state index is 0.00986. The maximum Gasteiger partial charge on any atom is 0.408 e. The van der Waals surface area contributed by atoms with E-state index in [2.05, 4.69) is 31.9 Å². The largest absolute Gasteiger partial charge is 0.445 e. The van der Waals surface area contributed by atoms with E-state index in [1.54, 1.807) is 83.0 Å². The SMILES string of the molecule is CC[C@H](C)[C@@H]([C@@H](CC(=O)N1CCC[C@H]1[C@H](OC)[C@@H](C)C(=O)N[C@H](C)C(NC(=O)OCc1ccc(NC(=O)[C@H](CCCNC(N)=O)CC(=O)[C@@H](NC(=O)CCCCCN2C(=O)CC(SCC3(CC(=O)NC)CC3)C2=O)C(C)C)cc1)c1ccccc1)OC)N(C)C(=O)[C@@H](CC(=O)[C@H](C(C)C)N(C)C)C(C)C. The molecule has 2 aliphatic heterocycles. The Bertz CT molecular complexity index is 3220. The van der Waals surface area contributed by atoms with Crippen LogP contribution >= 0.6 is 11.8 Å². The first-order valence-corrected chi connectivity index (χ1v) is 38.8. The molecule has 3 fully saturated rings. The van der Waals surface area contributed by atoms with Gasteiger partial charge in [0.05, 0.1) is 66.0 Å². The first-order chi connectivity index (χ1) is 49.7. The Morgan fingerprint density at radius 2 is 1.43 bits per heavy atom. The molecule has 105 heavy (non-hydrogen) atoms. The van der Waals surface area contributed by atoms with Crippen molar-refractivity contribution in [1.29, 1.82) is 0 Å². The summed E-state index contributed by atoms with van der Waals surface area (Å²) in [4.78, 5) is 169. The summed E-state index contributed by atoms with van der Waals surface area (Å²) in [5, 5.41) is 16.5. The zero-order valence-electron chi connectivity index (χ0n) is 65.2. The summed E-state index contributed by atoms with van der Waals surface area (Å²) in [5.74, 6) is -4.40. The van der Waals surface area contributed by atoms with E-state index in [0.29, 0.717) is 80.5 Å². The number of ketones is 2. The number of imide groups is 1. The molecule has 27 heteroatoms. The molecule has 2 aromatic rings. The second-order valence-corrected chi connectivity index (χ2v) is 31.7. The maximum absolute atomic E-state index is 14.6. The van der Waals surface area contributed by atoms with Crippen molar-refractivity contribution in [3.63, 3.8) is 0 Å². The number of rotatable bonds is 46. The van der Waals surface area contributed by atoms with Gasteiger partial charge in [0.2, 0.25) is 47.3 Å². The van der Waals surface area contributed by atoms with Gasteiger partial charge in [-0.25, -0.2) is 9.59 Å². The predicted molar refractivity (Wildman–Crippen MR) is 405 cm³/mol. The van der Waals surface area contributed by atoms with Crippen LogP contribution in [0.2, 0.25) is 0 Å². The van der Waals surface area contributed by atoms with E-state index in [-0.39, 0.29) is 146 Å². The van der Waals surface area contributed by atoms with Crippen molar-refractivity contribution >= 4 is 88.4 Å². The number of hydrogen-bond acceptors (Lipinski definition) is 17. The number of carbonyl (C=O) groups excluding carboxylic acids is 12. The highest BCUT2D eigenvalue weighted by molar-refractivity contribution is 8.00. The first-order valence-electron chi connectivity index (χ1n) is 37.7. The van der Waals surface area contributed by atoms with Gasteiger partial charge in [-0.2, -0.15) is 0 Å². The number of anilines is 1. The second kappa shape index (κ2) is 42.7. The van der Waals surface area contributed by atoms with Gasteiger partial charge in [0.25, 0.3) is 0 Å². The van der Waals surface area contributed by atoms with Gasteiger partial charge in [-0.15, -0.1) is 11.8 Å². The number of unbranched alkanes of at least 4 members (excludes halogenated alkanes) is 2. The Hall–Kier alpha value is -7.49. The fraction of sp³-hybridized carbons (Fsp3) is 0.692. The number of nitrogens with two attached hydrogens (primary N) is 1. The molecule has 2 heterocycles. The summed E-state index contributed by atoms with van der Waals surface area (Å²) in [7, 11) is 10.2. The number of nitrogens with zero attached hydrogens (tertiary/aromatic N) is 4. The smallest absolute Gasteiger partial charge is 0.408 e. The topological polar surface area (TPSA) is 344 Å². The van der Waals surface area contributed by atoms with Crippen LogP contribution in [0.4, 0.5) is 15.3 Å². The van der Waals surface area contributed by atoms with Crippen LogP contribution in [0, 0.1) is 46.8 Å². The molecular weight excluding hydrogens is 1360 g/mol. The van der Waals surface area contributed by atoms with Crippen LogP contribution in [0.15, 0.2) is 54.6 Å². The number of carbonyl (C=O) groups is 12. The van der Waals surface area contributed by atoms with E-state index in [9.17, 15) is 57.5 Å². The molecule has 26 nitrogen and oxygen atoms in total. The maximum atomic E-state index is 14.6. The van der Waals surface area contributed by atoms with Crippen LogP contribution in [0.25, 0.3) is 0 Å². The highest BCUT2D eigenvalue weighted by atomic mass is 32.2. The number of likely N-dealkylation sites (tertiary alicyclic amines) is 2. The normalized spacial score (nSPS) is 18.8. The summed E-state index contributed by atoms with van der Waals surface area (Å²) in [6.45, 7) is 19.8. The molecular formula is C78H123N11O15S. The summed E-state index contributed by atoms with van der Waals surface area (Å²) in [6.07, 6.45) is 4.11. The third-order valence-corrected chi connectivity index (χ3v) is 22.8. The standard InChI is InChI=1S/C78H123N11O15S/c1-17-50(8)70(87(14)74(98)57(47(2)3)41-60(91)69(49(6)7)86(12)13)61(102-15)42-65(94)88-39-25-29-58(88)71(103-16)51(9)72(96)82-52(10)68(54-26-20-18-21-27-54)85-77(101)104-45-53-31-33-56(34-32-53)83-73(97)55(28-24-37-81-76(79)100)40-59(90)67(48(4)5)84-63(92)30-22-19-23-38-89-66(95)43-62(75(89)99)105-46-78(35-36-78)44-64(93)80-11/h18,20-21,26-27,31-34,47-52,55,57-58,61-62,67-71H,17,19,22-25,28-30,35-46H2,1-16H3,(H,80,93)(H,82,96)(H,83,97)(H,84,92)(H,85,101)(H3,79,81,100)/t50-,51+,52+,55+,57-,58-,61+,62?,67-,68?,69-,70-,71+/m0/s1. The second-order valence-electron chi connectivity index (χ2n) is 30.5. The Morgan fingerprint density at radius 1 is 0.752 bits per heavy atom. The van der Waals surface area contributed by atoms with Crippen LogP contribution in [-0.2, 0) is 68.8 Å². The Balaban J connectivity index is 1.15. The van der Waals surface area contributed by atoms with Crippen LogP contribution in [0.3, 0.4) is 0 Å². The van der Waals surface area contributed by atoms with Crippen molar-refractivity contribution in [2.45, 2.75) is 232 Å². The molecule has 8 N–H and O–H groups in total. The summed E-state index contributed by atoms with van der Waals surface area (Å²) in [6, 6.07) is 11.3. The van der Waals surface area contributed by atoms with Crippen LogP contribution in [0.1, 0.15) is 189 Å². The van der Waals surface area contributed by atoms with Gasteiger partial charge >= 0.3 is 12.1 Å². The highest BCUT2D eigenvalue weighted by Crippen LogP contribution is 2.52. The molecule has 2 unspecified atom stereocenters. The monoisotopic (exact) mass is 1490 g/mol. The molecule has 3 aliphatic rings. The van der Waals surface area contributed by atoms with Gasteiger partial charge in [0.1, 0.15) is 6.61 Å². The van der Waals surface area contributed by atoms with Crippen LogP contribution in [-0.4, -0.2) is 206 Å². The average Bonchev–Trinajstić information content (AvgIpc) is 1.58. The van der Waals surface area contributed by atoms with E-state index in [0.717, 1.165) is 12.8 Å². The minimum atomic E-state index is -0.906. The number of Topliss-reactive ketones (excluding diaryl/α,β-unsaturated/α-hetero) is 2. The summed E-state index contributed by atoms with van der Waals surface area (Å²) >= 11 is 1.45. The van der Waals surface area contributed by atoms with Crippen molar-refractivity contribution in [2.75, 3.05) is 73.1 Å². The van der Waals surface area contributed by atoms with Crippen LogP contribution in [0.5, 0.6) is 0 Å². The van der Waals surface area contributed by atoms with E-state index >= 15 is 0 Å². The van der Waals surface area contributed by atoms with Crippen molar-refractivity contribution in [3.8, 4) is 0 Å². The van der Waals surface area contributed by atoms with E-state index in [1.807, 2.05) is 90.9 Å². The molecule has 0 spiro atoms. The lowest BCUT2D eigenvalue weighted by atomic mass is 9.83. The third kappa shape index (κ3) is 26.5. The molecule has 0 radical (unpaired) electrons. The van der Waals surface area contributed by atoms with Gasteiger partial charge in [-0.05, 0) is 125 Å². The lowest BCUT2D eigenvalue weighted by molar-refractivity contribution is -0.149. The zero-order valence-corrected chi connectivity index (χ0v) is 66.0. The lowest BCUT2D eigenvalue weighted by Gasteiger charge is -2.41. The number of urea groups is 1. The Morgan fingerprint density at radius 3 is 2.01 bits per heavy atom. The average molecular weight is 1490 g/mol. The molecule has 2 saturated heterocycles. The van der Waals surface area contributed by atoms with Crippen LogP contribution < -0.4 is 37.6 Å². The number of alkyl carbamates (subject to hydrolysis) is 1.